The van der Waals surface area contributed by atoms with Crippen LogP contribution in [0, 0.1) is 5.92 Å². The normalized spacial score (nSPS) is 10.5. The summed E-state index contributed by atoms with van der Waals surface area (Å²) in [7, 11) is 0. The summed E-state index contributed by atoms with van der Waals surface area (Å²) in [6, 6.07) is 9.71. The van der Waals surface area contributed by atoms with Gasteiger partial charge in [0, 0.05) is 12.6 Å². The van der Waals surface area contributed by atoms with E-state index in [2.05, 4.69) is 34.4 Å². The number of hydrogen-bond donors (Lipinski definition) is 2. The maximum atomic E-state index is 5.60. The standard InChI is InChI=1S/C16H22N4O/c1-4-21-14-8-6-5-7-13(14)20-16-9-15(18-11-19-16)17-10-12(2)3/h5-9,11-12H,4,10H2,1-3H3,(H2,17,18,19,20). The summed E-state index contributed by atoms with van der Waals surface area (Å²) in [5.41, 5.74) is 0.896. The van der Waals surface area contributed by atoms with Crippen molar-refractivity contribution >= 4 is 17.3 Å². The summed E-state index contributed by atoms with van der Waals surface area (Å²) in [6.45, 7) is 7.79. The summed E-state index contributed by atoms with van der Waals surface area (Å²) in [5, 5.41) is 6.56. The highest BCUT2D eigenvalue weighted by atomic mass is 16.5. The highest BCUT2D eigenvalue weighted by Crippen LogP contribution is 2.26. The zero-order chi connectivity index (χ0) is 15.1. The van der Waals surface area contributed by atoms with Crippen LogP contribution in [0.15, 0.2) is 36.7 Å². The Morgan fingerprint density at radius 3 is 2.67 bits per heavy atom. The van der Waals surface area contributed by atoms with Crippen molar-refractivity contribution in [3.8, 4) is 5.75 Å². The first kappa shape index (κ1) is 15.1. The summed E-state index contributed by atoms with van der Waals surface area (Å²) in [4.78, 5) is 8.46. The second-order valence-electron chi connectivity index (χ2n) is 5.12. The van der Waals surface area contributed by atoms with E-state index in [-0.39, 0.29) is 0 Å². The molecule has 21 heavy (non-hydrogen) atoms. The molecule has 0 amide bonds. The summed E-state index contributed by atoms with van der Waals surface area (Å²) < 4.78 is 5.60. The minimum absolute atomic E-state index is 0.565. The van der Waals surface area contributed by atoms with Gasteiger partial charge < -0.3 is 15.4 Å². The highest BCUT2D eigenvalue weighted by molar-refractivity contribution is 5.65. The molecule has 5 heteroatoms. The number of anilines is 3. The lowest BCUT2D eigenvalue weighted by Gasteiger charge is -2.13. The van der Waals surface area contributed by atoms with E-state index in [0.717, 1.165) is 29.6 Å². The van der Waals surface area contributed by atoms with Crippen molar-refractivity contribution in [2.75, 3.05) is 23.8 Å². The molecular formula is C16H22N4O. The van der Waals surface area contributed by atoms with Crippen molar-refractivity contribution in [2.45, 2.75) is 20.8 Å². The molecule has 0 aliphatic rings. The molecule has 0 aliphatic heterocycles. The van der Waals surface area contributed by atoms with E-state index in [1.807, 2.05) is 37.3 Å². The Kier molecular flexibility index (Phi) is 5.37. The maximum absolute atomic E-state index is 5.60. The molecular weight excluding hydrogens is 264 g/mol. The zero-order valence-corrected chi connectivity index (χ0v) is 12.8. The first-order valence-corrected chi connectivity index (χ1v) is 7.23. The van der Waals surface area contributed by atoms with Crippen LogP contribution in [0.4, 0.5) is 17.3 Å². The third-order valence-corrected chi connectivity index (χ3v) is 2.81. The molecule has 0 saturated heterocycles. The van der Waals surface area contributed by atoms with Crippen molar-refractivity contribution in [1.82, 2.24) is 9.97 Å². The van der Waals surface area contributed by atoms with Crippen LogP contribution in [-0.2, 0) is 0 Å². The molecule has 1 aromatic heterocycles. The second-order valence-corrected chi connectivity index (χ2v) is 5.12. The molecule has 0 radical (unpaired) electrons. The van der Waals surface area contributed by atoms with Crippen molar-refractivity contribution in [3.05, 3.63) is 36.7 Å². The molecule has 2 aromatic rings. The first-order chi connectivity index (χ1) is 10.2. The van der Waals surface area contributed by atoms with Gasteiger partial charge in [-0.1, -0.05) is 26.0 Å². The average Bonchev–Trinajstić information content (AvgIpc) is 2.48. The number of nitrogens with one attached hydrogen (secondary N) is 2. The summed E-state index contributed by atoms with van der Waals surface area (Å²) in [5.74, 6) is 2.93. The Labute approximate surface area is 125 Å². The van der Waals surface area contributed by atoms with Gasteiger partial charge in [-0.25, -0.2) is 9.97 Å². The fourth-order valence-corrected chi connectivity index (χ4v) is 1.82. The van der Waals surface area contributed by atoms with Crippen LogP contribution in [0.2, 0.25) is 0 Å². The lowest BCUT2D eigenvalue weighted by atomic mass is 10.2. The van der Waals surface area contributed by atoms with Crippen molar-refractivity contribution in [1.29, 1.82) is 0 Å². The van der Waals surface area contributed by atoms with Crippen molar-refractivity contribution < 1.29 is 4.74 Å². The molecule has 5 nitrogen and oxygen atoms in total. The van der Waals surface area contributed by atoms with E-state index in [1.165, 1.54) is 0 Å². The van der Waals surface area contributed by atoms with Crippen molar-refractivity contribution in [2.24, 2.45) is 5.92 Å². The molecule has 0 aliphatic carbocycles. The topological polar surface area (TPSA) is 59.1 Å². The van der Waals surface area contributed by atoms with Gasteiger partial charge in [-0.3, -0.25) is 0 Å². The minimum Gasteiger partial charge on any atom is -0.492 e. The first-order valence-electron chi connectivity index (χ1n) is 7.23. The van der Waals surface area contributed by atoms with Gasteiger partial charge in [0.15, 0.2) is 0 Å². The van der Waals surface area contributed by atoms with Gasteiger partial charge in [0.25, 0.3) is 0 Å². The van der Waals surface area contributed by atoms with Crippen LogP contribution in [0.25, 0.3) is 0 Å². The van der Waals surface area contributed by atoms with Gasteiger partial charge in [0.05, 0.1) is 12.3 Å². The molecule has 1 aromatic carbocycles. The minimum atomic E-state index is 0.565. The van der Waals surface area contributed by atoms with Crippen LogP contribution in [0.3, 0.4) is 0 Å². The van der Waals surface area contributed by atoms with Gasteiger partial charge >= 0.3 is 0 Å². The van der Waals surface area contributed by atoms with Crippen LogP contribution < -0.4 is 15.4 Å². The van der Waals surface area contributed by atoms with E-state index < -0.39 is 0 Å². The predicted octanol–water partition coefficient (Wildman–Crippen LogP) is 3.69. The fraction of sp³-hybridized carbons (Fsp3) is 0.375. The Bertz CT molecular complexity index is 572. The number of para-hydroxylation sites is 2. The molecule has 1 heterocycles. The van der Waals surface area contributed by atoms with E-state index >= 15 is 0 Å². The number of benzene rings is 1. The predicted molar refractivity (Wildman–Crippen MR) is 86.3 cm³/mol. The van der Waals surface area contributed by atoms with E-state index in [0.29, 0.717) is 12.5 Å². The van der Waals surface area contributed by atoms with Gasteiger partial charge in [0.2, 0.25) is 0 Å². The third kappa shape index (κ3) is 4.63. The van der Waals surface area contributed by atoms with E-state index in [9.17, 15) is 0 Å². The number of nitrogens with zero attached hydrogens (tertiary/aromatic N) is 2. The number of hydrogen-bond acceptors (Lipinski definition) is 5. The van der Waals surface area contributed by atoms with Gasteiger partial charge in [0.1, 0.15) is 23.7 Å². The number of rotatable bonds is 7. The third-order valence-electron chi connectivity index (χ3n) is 2.81. The van der Waals surface area contributed by atoms with Gasteiger partial charge in [-0.2, -0.15) is 0 Å². The highest BCUT2D eigenvalue weighted by Gasteiger charge is 2.05. The van der Waals surface area contributed by atoms with Crippen LogP contribution in [-0.4, -0.2) is 23.1 Å². The van der Waals surface area contributed by atoms with Gasteiger partial charge in [-0.05, 0) is 25.0 Å². The number of ether oxygens (including phenoxy) is 1. The Morgan fingerprint density at radius 1 is 1.14 bits per heavy atom. The Balaban J connectivity index is 2.11. The second kappa shape index (κ2) is 7.47. The lowest BCUT2D eigenvalue weighted by Crippen LogP contribution is -2.09. The summed E-state index contributed by atoms with van der Waals surface area (Å²) >= 11 is 0. The quantitative estimate of drug-likeness (QED) is 0.813. The van der Waals surface area contributed by atoms with Crippen LogP contribution in [0.1, 0.15) is 20.8 Å². The van der Waals surface area contributed by atoms with Crippen molar-refractivity contribution in [3.63, 3.8) is 0 Å². The van der Waals surface area contributed by atoms with Gasteiger partial charge in [-0.15, -0.1) is 0 Å². The average molecular weight is 286 g/mol. The smallest absolute Gasteiger partial charge is 0.142 e. The monoisotopic (exact) mass is 286 g/mol. The maximum Gasteiger partial charge on any atom is 0.142 e. The zero-order valence-electron chi connectivity index (χ0n) is 12.8. The molecule has 2 rings (SSSR count). The largest absolute Gasteiger partial charge is 0.492 e. The SMILES string of the molecule is CCOc1ccccc1Nc1cc(NCC(C)C)ncn1. The van der Waals surface area contributed by atoms with E-state index in [1.54, 1.807) is 6.33 Å². The molecule has 112 valence electrons. The fourth-order valence-electron chi connectivity index (χ4n) is 1.82. The molecule has 0 atom stereocenters. The lowest BCUT2D eigenvalue weighted by molar-refractivity contribution is 0.342. The van der Waals surface area contributed by atoms with Crippen LogP contribution >= 0.6 is 0 Å². The van der Waals surface area contributed by atoms with Crippen LogP contribution in [0.5, 0.6) is 5.75 Å². The molecule has 2 N–H and O–H groups in total. The summed E-state index contributed by atoms with van der Waals surface area (Å²) in [6.07, 6.45) is 1.55. The molecule has 0 bridgehead atoms. The molecule has 0 fully saturated rings. The molecule has 0 unspecified atom stereocenters. The molecule has 0 saturated carbocycles. The Morgan fingerprint density at radius 2 is 1.90 bits per heavy atom. The number of aromatic nitrogens is 2. The molecule has 0 spiro atoms. The van der Waals surface area contributed by atoms with E-state index in [4.69, 9.17) is 4.74 Å². The Hall–Kier alpha value is -2.30.